The van der Waals surface area contributed by atoms with Crippen LogP contribution in [0, 0.1) is 11.3 Å². The molecule has 2 N–H and O–H groups in total. The Bertz CT molecular complexity index is 322. The summed E-state index contributed by atoms with van der Waals surface area (Å²) in [5.74, 6) is -1.75. The molecule has 0 radical (unpaired) electrons. The zero-order valence-corrected chi connectivity index (χ0v) is 12.3. The predicted octanol–water partition coefficient (Wildman–Crippen LogP) is 2.36. The van der Waals surface area contributed by atoms with E-state index in [1.165, 1.54) is 7.11 Å². The van der Waals surface area contributed by atoms with Gasteiger partial charge in [0.15, 0.2) is 5.41 Å². The quantitative estimate of drug-likeness (QED) is 0.386. The Morgan fingerprint density at radius 2 is 1.75 bits per heavy atom. The smallest absolute Gasteiger partial charge is 0.323 e. The number of aliphatic carboxylic acids is 1. The van der Waals surface area contributed by atoms with Gasteiger partial charge in [-0.2, -0.15) is 0 Å². The van der Waals surface area contributed by atoms with Crippen LogP contribution >= 0.6 is 0 Å². The number of carboxylic acid groups (broad SMARTS) is 1. The first-order valence-electron chi connectivity index (χ1n) is 7.52. The van der Waals surface area contributed by atoms with Crippen LogP contribution in [-0.2, 0) is 14.3 Å². The Hall–Kier alpha value is -1.10. The number of hydrogen-bond donors (Lipinski definition) is 2. The van der Waals surface area contributed by atoms with Crippen molar-refractivity contribution in [1.82, 2.24) is 0 Å². The normalized spacial score (nSPS) is 18.7. The molecule has 1 saturated carbocycles. The average Bonchev–Trinajstić information content (AvgIpc) is 2.96. The molecule has 1 aliphatic carbocycles. The molecule has 5 heteroatoms. The minimum absolute atomic E-state index is 0.106. The van der Waals surface area contributed by atoms with E-state index in [9.17, 15) is 14.7 Å². The van der Waals surface area contributed by atoms with Gasteiger partial charge < -0.3 is 14.9 Å². The summed E-state index contributed by atoms with van der Waals surface area (Å²) in [4.78, 5) is 23.9. The Kier molecular flexibility index (Phi) is 6.99. The molecule has 0 aromatic heterocycles. The molecule has 0 aliphatic heterocycles. The van der Waals surface area contributed by atoms with Crippen LogP contribution in [0.5, 0.6) is 0 Å². The number of carbonyl (C=O) groups is 2. The third-order valence-electron chi connectivity index (χ3n) is 4.46. The first-order chi connectivity index (χ1) is 9.59. The van der Waals surface area contributed by atoms with E-state index in [4.69, 9.17) is 9.84 Å². The Labute approximate surface area is 120 Å². The lowest BCUT2D eigenvalue weighted by atomic mass is 9.70. The van der Waals surface area contributed by atoms with Crippen LogP contribution in [0.4, 0.5) is 0 Å². The van der Waals surface area contributed by atoms with Crippen LogP contribution in [0.25, 0.3) is 0 Å². The number of carbonyl (C=O) groups excluding carboxylic acids is 1. The standard InChI is InChI=1S/C15H26O5/c1-20-14(19)15(13(17)18,12-8-4-5-9-12)10-6-2-3-7-11-16/h12,16H,2-11H2,1H3,(H,17,18). The second kappa shape index (κ2) is 8.25. The topological polar surface area (TPSA) is 83.8 Å². The van der Waals surface area contributed by atoms with Crippen LogP contribution < -0.4 is 0 Å². The summed E-state index contributed by atoms with van der Waals surface area (Å²) in [5, 5.41) is 18.4. The van der Waals surface area contributed by atoms with Gasteiger partial charge in [-0.15, -0.1) is 0 Å². The molecule has 116 valence electrons. The number of aliphatic hydroxyl groups is 1. The highest BCUT2D eigenvalue weighted by Crippen LogP contribution is 2.44. The first kappa shape index (κ1) is 17.0. The summed E-state index contributed by atoms with van der Waals surface area (Å²) in [7, 11) is 1.26. The first-order valence-corrected chi connectivity index (χ1v) is 7.52. The Balaban J connectivity index is 2.75. The van der Waals surface area contributed by atoms with E-state index >= 15 is 0 Å². The molecule has 1 fully saturated rings. The molecule has 0 spiro atoms. The summed E-state index contributed by atoms with van der Waals surface area (Å²) < 4.78 is 4.81. The minimum atomic E-state index is -1.37. The van der Waals surface area contributed by atoms with Crippen LogP contribution in [0.15, 0.2) is 0 Å². The molecule has 1 rings (SSSR count). The fraction of sp³-hybridized carbons (Fsp3) is 0.867. The summed E-state index contributed by atoms with van der Waals surface area (Å²) in [6, 6.07) is 0. The lowest BCUT2D eigenvalue weighted by molar-refractivity contribution is -0.172. The monoisotopic (exact) mass is 286 g/mol. The molecule has 0 amide bonds. The van der Waals surface area contributed by atoms with E-state index < -0.39 is 17.4 Å². The van der Waals surface area contributed by atoms with E-state index in [1.807, 2.05) is 0 Å². The average molecular weight is 286 g/mol. The maximum Gasteiger partial charge on any atom is 0.323 e. The lowest BCUT2D eigenvalue weighted by Gasteiger charge is -2.32. The zero-order valence-electron chi connectivity index (χ0n) is 12.3. The fourth-order valence-electron chi connectivity index (χ4n) is 3.31. The SMILES string of the molecule is COC(=O)C(CCCCCCO)(C(=O)O)C1CCCC1. The van der Waals surface area contributed by atoms with E-state index in [2.05, 4.69) is 0 Å². The van der Waals surface area contributed by atoms with Gasteiger partial charge >= 0.3 is 11.9 Å². The van der Waals surface area contributed by atoms with Gasteiger partial charge in [0, 0.05) is 6.61 Å². The van der Waals surface area contributed by atoms with Gasteiger partial charge in [0.05, 0.1) is 7.11 Å². The molecule has 0 saturated heterocycles. The highest BCUT2D eigenvalue weighted by atomic mass is 16.5. The van der Waals surface area contributed by atoms with Gasteiger partial charge in [0.1, 0.15) is 0 Å². The molecule has 5 nitrogen and oxygen atoms in total. The maximum atomic E-state index is 12.1. The summed E-state index contributed by atoms with van der Waals surface area (Å²) in [6.45, 7) is 0.156. The van der Waals surface area contributed by atoms with Gasteiger partial charge in [-0.1, -0.05) is 32.1 Å². The molecule has 20 heavy (non-hydrogen) atoms. The second-order valence-electron chi connectivity index (χ2n) is 5.64. The predicted molar refractivity (Wildman–Crippen MR) is 74.2 cm³/mol. The van der Waals surface area contributed by atoms with Crippen molar-refractivity contribution >= 4 is 11.9 Å². The van der Waals surface area contributed by atoms with Gasteiger partial charge in [0.25, 0.3) is 0 Å². The van der Waals surface area contributed by atoms with Crippen LogP contribution in [0.1, 0.15) is 57.8 Å². The van der Waals surface area contributed by atoms with Gasteiger partial charge in [0.2, 0.25) is 0 Å². The summed E-state index contributed by atoms with van der Waals surface area (Å²) in [5.41, 5.74) is -1.37. The molecule has 1 unspecified atom stereocenters. The van der Waals surface area contributed by atoms with Gasteiger partial charge in [-0.25, -0.2) is 0 Å². The molecular weight excluding hydrogens is 260 g/mol. The fourth-order valence-corrected chi connectivity index (χ4v) is 3.31. The van der Waals surface area contributed by atoms with Crippen molar-refractivity contribution in [1.29, 1.82) is 0 Å². The number of esters is 1. The van der Waals surface area contributed by atoms with Crippen molar-refractivity contribution in [2.45, 2.75) is 57.8 Å². The third-order valence-corrected chi connectivity index (χ3v) is 4.46. The number of hydrogen-bond acceptors (Lipinski definition) is 4. The molecule has 0 heterocycles. The highest BCUT2D eigenvalue weighted by molar-refractivity contribution is 5.99. The third kappa shape index (κ3) is 3.72. The lowest BCUT2D eigenvalue weighted by Crippen LogP contribution is -2.45. The Morgan fingerprint density at radius 1 is 1.15 bits per heavy atom. The van der Waals surface area contributed by atoms with Crippen molar-refractivity contribution in [2.75, 3.05) is 13.7 Å². The zero-order chi connectivity index (χ0) is 15.0. The van der Waals surface area contributed by atoms with Crippen molar-refractivity contribution in [3.63, 3.8) is 0 Å². The van der Waals surface area contributed by atoms with Gasteiger partial charge in [-0.05, 0) is 31.6 Å². The van der Waals surface area contributed by atoms with Crippen LogP contribution in [-0.4, -0.2) is 35.9 Å². The highest BCUT2D eigenvalue weighted by Gasteiger charge is 2.53. The van der Waals surface area contributed by atoms with Crippen molar-refractivity contribution in [3.05, 3.63) is 0 Å². The summed E-state index contributed by atoms with van der Waals surface area (Å²) in [6.07, 6.45) is 6.99. The number of carboxylic acids is 1. The van der Waals surface area contributed by atoms with E-state index in [0.29, 0.717) is 12.8 Å². The van der Waals surface area contributed by atoms with E-state index in [1.54, 1.807) is 0 Å². The Morgan fingerprint density at radius 3 is 2.25 bits per heavy atom. The van der Waals surface area contributed by atoms with E-state index in [0.717, 1.165) is 44.9 Å². The van der Waals surface area contributed by atoms with Crippen molar-refractivity contribution < 1.29 is 24.5 Å². The number of ether oxygens (including phenoxy) is 1. The second-order valence-corrected chi connectivity index (χ2v) is 5.64. The van der Waals surface area contributed by atoms with Crippen LogP contribution in [0.2, 0.25) is 0 Å². The molecule has 1 atom stereocenters. The molecular formula is C15H26O5. The minimum Gasteiger partial charge on any atom is -0.480 e. The van der Waals surface area contributed by atoms with Crippen molar-refractivity contribution in [3.8, 4) is 0 Å². The van der Waals surface area contributed by atoms with Gasteiger partial charge in [-0.3, -0.25) is 9.59 Å². The largest absolute Gasteiger partial charge is 0.480 e. The molecule has 0 aromatic rings. The molecule has 0 aromatic carbocycles. The summed E-state index contributed by atoms with van der Waals surface area (Å²) >= 11 is 0. The molecule has 0 bridgehead atoms. The number of rotatable bonds is 9. The number of aliphatic hydroxyl groups excluding tert-OH is 1. The molecule has 1 aliphatic rings. The van der Waals surface area contributed by atoms with Crippen molar-refractivity contribution in [2.24, 2.45) is 11.3 Å². The van der Waals surface area contributed by atoms with Crippen LogP contribution in [0.3, 0.4) is 0 Å². The number of methoxy groups -OCH3 is 1. The maximum absolute atomic E-state index is 12.1. The van der Waals surface area contributed by atoms with E-state index in [-0.39, 0.29) is 12.5 Å². The number of unbranched alkanes of at least 4 members (excludes halogenated alkanes) is 3.